The standard InChI is InChI=1S/C8H10O8/c1-13-7(11)5(15-3-9)6(16-4-10)8(12)14-2/h3-6H,1-2H3. The Labute approximate surface area is 90.4 Å². The molecule has 8 heteroatoms. The minimum absolute atomic E-state index is 0.0777. The topological polar surface area (TPSA) is 105 Å². The predicted molar refractivity (Wildman–Crippen MR) is 45.9 cm³/mol. The molecule has 90 valence electrons. The Hall–Kier alpha value is -2.12. The lowest BCUT2D eigenvalue weighted by Crippen LogP contribution is -2.44. The number of carbonyl (C=O) groups is 4. The number of carbonyl (C=O) groups excluding carboxylic acids is 4. The van der Waals surface area contributed by atoms with Gasteiger partial charge in [0.15, 0.2) is 0 Å². The monoisotopic (exact) mass is 234 g/mol. The maximum Gasteiger partial charge on any atom is 0.351 e. The average Bonchev–Trinajstić information content (AvgIpc) is 2.31. The van der Waals surface area contributed by atoms with E-state index in [-0.39, 0.29) is 12.9 Å². The zero-order chi connectivity index (χ0) is 12.6. The molecule has 0 fully saturated rings. The van der Waals surface area contributed by atoms with Gasteiger partial charge in [0.1, 0.15) is 0 Å². The van der Waals surface area contributed by atoms with E-state index in [0.29, 0.717) is 0 Å². The molecule has 0 saturated carbocycles. The molecule has 0 rings (SSSR count). The molecule has 8 nitrogen and oxygen atoms in total. The molecular weight excluding hydrogens is 224 g/mol. The van der Waals surface area contributed by atoms with Crippen LogP contribution in [0.1, 0.15) is 0 Å². The molecule has 0 amide bonds. The van der Waals surface area contributed by atoms with Gasteiger partial charge in [0.05, 0.1) is 14.2 Å². The van der Waals surface area contributed by atoms with Crippen LogP contribution in [0.5, 0.6) is 0 Å². The first-order valence-corrected chi connectivity index (χ1v) is 3.96. The molecule has 0 saturated heterocycles. The molecule has 2 atom stereocenters. The third-order valence-electron chi connectivity index (χ3n) is 1.55. The fraction of sp³-hybridized carbons (Fsp3) is 0.500. The van der Waals surface area contributed by atoms with E-state index in [1.807, 2.05) is 0 Å². The van der Waals surface area contributed by atoms with Crippen LogP contribution >= 0.6 is 0 Å². The number of rotatable bonds is 7. The Kier molecular flexibility index (Phi) is 6.25. The van der Waals surface area contributed by atoms with Crippen molar-refractivity contribution in [2.45, 2.75) is 12.2 Å². The zero-order valence-corrected chi connectivity index (χ0v) is 8.58. The predicted octanol–water partition coefficient (Wildman–Crippen LogP) is -1.58. The Balaban J connectivity index is 4.91. The lowest BCUT2D eigenvalue weighted by molar-refractivity contribution is -0.181. The Morgan fingerprint density at radius 3 is 1.38 bits per heavy atom. The summed E-state index contributed by atoms with van der Waals surface area (Å²) in [5, 5.41) is 0. The molecule has 0 heterocycles. The highest BCUT2D eigenvalue weighted by Gasteiger charge is 2.39. The van der Waals surface area contributed by atoms with E-state index in [1.165, 1.54) is 0 Å². The van der Waals surface area contributed by atoms with Crippen molar-refractivity contribution in [3.05, 3.63) is 0 Å². The van der Waals surface area contributed by atoms with Crippen molar-refractivity contribution >= 4 is 24.9 Å². The third kappa shape index (κ3) is 3.56. The summed E-state index contributed by atoms with van der Waals surface area (Å²) in [7, 11) is 2.03. The number of hydrogen-bond donors (Lipinski definition) is 0. The second-order valence-corrected chi connectivity index (χ2v) is 2.35. The number of ether oxygens (including phenoxy) is 4. The van der Waals surface area contributed by atoms with Crippen molar-refractivity contribution in [3.63, 3.8) is 0 Å². The molecular formula is C8H10O8. The highest BCUT2D eigenvalue weighted by atomic mass is 16.6. The molecule has 0 aliphatic heterocycles. The van der Waals surface area contributed by atoms with Crippen molar-refractivity contribution in [1.82, 2.24) is 0 Å². The minimum atomic E-state index is -1.69. The van der Waals surface area contributed by atoms with Gasteiger partial charge in [-0.3, -0.25) is 9.59 Å². The Morgan fingerprint density at radius 2 is 1.19 bits per heavy atom. The van der Waals surface area contributed by atoms with Crippen LogP contribution in [0.2, 0.25) is 0 Å². The highest BCUT2D eigenvalue weighted by molar-refractivity contribution is 5.87. The summed E-state index contributed by atoms with van der Waals surface area (Å²) in [4.78, 5) is 42.5. The van der Waals surface area contributed by atoms with Gasteiger partial charge >= 0.3 is 11.9 Å². The van der Waals surface area contributed by atoms with Gasteiger partial charge in [-0.15, -0.1) is 0 Å². The summed E-state index contributed by atoms with van der Waals surface area (Å²) in [6.07, 6.45) is -3.39. The van der Waals surface area contributed by atoms with Crippen LogP contribution in [0.3, 0.4) is 0 Å². The van der Waals surface area contributed by atoms with E-state index in [1.54, 1.807) is 0 Å². The SMILES string of the molecule is COC(=O)C(OC=O)C(OC=O)C(=O)OC. The minimum Gasteiger partial charge on any atom is -0.466 e. The lowest BCUT2D eigenvalue weighted by Gasteiger charge is -2.19. The first-order chi connectivity index (χ1) is 7.62. The van der Waals surface area contributed by atoms with Gasteiger partial charge < -0.3 is 18.9 Å². The van der Waals surface area contributed by atoms with Gasteiger partial charge in [-0.1, -0.05) is 0 Å². The van der Waals surface area contributed by atoms with Crippen LogP contribution in [-0.4, -0.2) is 51.3 Å². The van der Waals surface area contributed by atoms with Crippen LogP contribution in [0.4, 0.5) is 0 Å². The van der Waals surface area contributed by atoms with E-state index in [2.05, 4.69) is 18.9 Å². The lowest BCUT2D eigenvalue weighted by atomic mass is 10.2. The normalized spacial score (nSPS) is 12.9. The van der Waals surface area contributed by atoms with Crippen LogP contribution in [0, 0.1) is 0 Å². The van der Waals surface area contributed by atoms with Gasteiger partial charge in [-0.2, -0.15) is 0 Å². The summed E-state index contributed by atoms with van der Waals surface area (Å²) in [6.45, 7) is -0.155. The van der Waals surface area contributed by atoms with Crippen molar-refractivity contribution in [2.24, 2.45) is 0 Å². The fourth-order valence-electron chi connectivity index (χ4n) is 0.853. The second kappa shape index (κ2) is 7.21. The summed E-state index contributed by atoms with van der Waals surface area (Å²) in [6, 6.07) is 0. The number of hydrogen-bond acceptors (Lipinski definition) is 8. The van der Waals surface area contributed by atoms with Crippen molar-refractivity contribution in [1.29, 1.82) is 0 Å². The molecule has 0 aromatic rings. The molecule has 0 N–H and O–H groups in total. The van der Waals surface area contributed by atoms with E-state index >= 15 is 0 Å². The third-order valence-corrected chi connectivity index (χ3v) is 1.55. The van der Waals surface area contributed by atoms with Crippen LogP contribution < -0.4 is 0 Å². The number of esters is 2. The van der Waals surface area contributed by atoms with E-state index in [9.17, 15) is 19.2 Å². The van der Waals surface area contributed by atoms with Crippen LogP contribution in [0.15, 0.2) is 0 Å². The molecule has 0 aliphatic rings. The average molecular weight is 234 g/mol. The maximum absolute atomic E-state index is 11.1. The summed E-state index contributed by atoms with van der Waals surface area (Å²) in [5.41, 5.74) is 0. The molecule has 0 bridgehead atoms. The van der Waals surface area contributed by atoms with Crippen LogP contribution in [-0.2, 0) is 38.1 Å². The summed E-state index contributed by atoms with van der Waals surface area (Å²) < 4.78 is 17.1. The van der Waals surface area contributed by atoms with E-state index < -0.39 is 24.1 Å². The Morgan fingerprint density at radius 1 is 0.875 bits per heavy atom. The summed E-state index contributed by atoms with van der Waals surface area (Å²) >= 11 is 0. The van der Waals surface area contributed by atoms with Gasteiger partial charge in [0, 0.05) is 0 Å². The molecule has 0 spiro atoms. The highest BCUT2D eigenvalue weighted by Crippen LogP contribution is 2.07. The van der Waals surface area contributed by atoms with Crippen LogP contribution in [0.25, 0.3) is 0 Å². The van der Waals surface area contributed by atoms with Gasteiger partial charge in [0.2, 0.25) is 12.2 Å². The van der Waals surface area contributed by atoms with E-state index in [4.69, 9.17) is 0 Å². The smallest absolute Gasteiger partial charge is 0.351 e. The first-order valence-electron chi connectivity index (χ1n) is 3.96. The molecule has 0 aromatic heterocycles. The molecule has 0 aliphatic carbocycles. The zero-order valence-electron chi connectivity index (χ0n) is 8.58. The molecule has 0 radical (unpaired) electrons. The van der Waals surface area contributed by atoms with Crippen molar-refractivity contribution in [3.8, 4) is 0 Å². The van der Waals surface area contributed by atoms with Crippen molar-refractivity contribution < 1.29 is 38.1 Å². The molecule has 2 unspecified atom stereocenters. The Bertz CT molecular complexity index is 245. The van der Waals surface area contributed by atoms with Gasteiger partial charge in [-0.25, -0.2) is 9.59 Å². The number of methoxy groups -OCH3 is 2. The summed E-state index contributed by atoms with van der Waals surface area (Å²) in [5.74, 6) is -2.10. The molecule has 0 aromatic carbocycles. The van der Waals surface area contributed by atoms with Gasteiger partial charge in [-0.05, 0) is 0 Å². The largest absolute Gasteiger partial charge is 0.466 e. The maximum atomic E-state index is 11.1. The first kappa shape index (κ1) is 13.9. The fourth-order valence-corrected chi connectivity index (χ4v) is 0.853. The van der Waals surface area contributed by atoms with Gasteiger partial charge in [0.25, 0.3) is 12.9 Å². The van der Waals surface area contributed by atoms with E-state index in [0.717, 1.165) is 14.2 Å². The van der Waals surface area contributed by atoms with Crippen molar-refractivity contribution in [2.75, 3.05) is 14.2 Å². The molecule has 16 heavy (non-hydrogen) atoms. The second-order valence-electron chi connectivity index (χ2n) is 2.35. The quantitative estimate of drug-likeness (QED) is 0.295.